The molecular weight excluding hydrogens is 230 g/mol. The van der Waals surface area contributed by atoms with Crippen molar-refractivity contribution in [3.05, 3.63) is 23.4 Å². The maximum Gasteiger partial charge on any atom is 0.223 e. The van der Waals surface area contributed by atoms with Gasteiger partial charge in [-0.25, -0.2) is 4.98 Å². The number of rotatable bonds is 3. The highest BCUT2D eigenvalue weighted by Crippen LogP contribution is 2.12. The van der Waals surface area contributed by atoms with Crippen LogP contribution in [0.1, 0.15) is 5.82 Å². The van der Waals surface area contributed by atoms with Crippen LogP contribution in [0.5, 0.6) is 0 Å². The third kappa shape index (κ3) is 2.37. The number of aromatic nitrogens is 5. The molecule has 0 radical (unpaired) electrons. The summed E-state index contributed by atoms with van der Waals surface area (Å²) in [7, 11) is 1.86. The molecule has 0 saturated heterocycles. The normalized spacial score (nSPS) is 10.4. The smallest absolute Gasteiger partial charge is 0.223 e. The van der Waals surface area contributed by atoms with Crippen molar-refractivity contribution in [2.75, 3.05) is 11.1 Å². The Bertz CT molecular complexity index is 475. The molecule has 0 aliphatic rings. The molecule has 0 fully saturated rings. The van der Waals surface area contributed by atoms with Gasteiger partial charge in [0.2, 0.25) is 5.95 Å². The zero-order valence-electron chi connectivity index (χ0n) is 8.55. The van der Waals surface area contributed by atoms with E-state index in [2.05, 4.69) is 25.5 Å². The van der Waals surface area contributed by atoms with Crippen LogP contribution in [0.3, 0.4) is 0 Å². The fraction of sp³-hybridized carbons (Fsp3) is 0.250. The summed E-state index contributed by atoms with van der Waals surface area (Å²) in [5.41, 5.74) is 5.46. The first-order valence-corrected chi connectivity index (χ1v) is 4.90. The Kier molecular flexibility index (Phi) is 2.86. The van der Waals surface area contributed by atoms with Gasteiger partial charge in [0.25, 0.3) is 0 Å². The summed E-state index contributed by atoms with van der Waals surface area (Å²) in [5, 5.41) is 11.0. The fourth-order valence-corrected chi connectivity index (χ4v) is 1.35. The number of nitrogens with one attached hydrogen (secondary N) is 1. The van der Waals surface area contributed by atoms with E-state index in [1.165, 1.54) is 0 Å². The van der Waals surface area contributed by atoms with Crippen LogP contribution in [-0.4, -0.2) is 24.7 Å². The highest BCUT2D eigenvalue weighted by atomic mass is 35.5. The molecule has 2 rings (SSSR count). The molecule has 0 bridgehead atoms. The molecule has 2 heterocycles. The molecule has 0 saturated carbocycles. The first-order valence-electron chi connectivity index (χ1n) is 4.52. The minimum absolute atomic E-state index is 0.132. The predicted molar refractivity (Wildman–Crippen MR) is 59.8 cm³/mol. The molecule has 16 heavy (non-hydrogen) atoms. The van der Waals surface area contributed by atoms with E-state index in [4.69, 9.17) is 17.3 Å². The highest BCUT2D eigenvalue weighted by Gasteiger charge is 2.03. The predicted octanol–water partition coefficient (Wildman–Crippen LogP) is 0.453. The van der Waals surface area contributed by atoms with Crippen molar-refractivity contribution >= 4 is 23.4 Å². The van der Waals surface area contributed by atoms with Crippen LogP contribution in [0, 0.1) is 0 Å². The number of anilines is 2. The van der Waals surface area contributed by atoms with Gasteiger partial charge in [0.15, 0.2) is 5.82 Å². The molecule has 0 unspecified atom stereocenters. The Hall–Kier alpha value is -1.89. The second-order valence-corrected chi connectivity index (χ2v) is 3.53. The van der Waals surface area contributed by atoms with Gasteiger partial charge in [-0.2, -0.15) is 4.98 Å². The molecular formula is C8H10ClN7. The summed E-state index contributed by atoms with van der Waals surface area (Å²) in [6, 6.07) is 1.59. The molecule has 0 aliphatic carbocycles. The van der Waals surface area contributed by atoms with Crippen molar-refractivity contribution in [3.8, 4) is 0 Å². The molecule has 2 aromatic rings. The largest absolute Gasteiger partial charge is 0.368 e. The van der Waals surface area contributed by atoms with Crippen LogP contribution < -0.4 is 11.1 Å². The number of hydrogen-bond acceptors (Lipinski definition) is 6. The van der Waals surface area contributed by atoms with Crippen LogP contribution >= 0.6 is 11.6 Å². The number of nitrogen functional groups attached to an aromatic ring is 1. The van der Waals surface area contributed by atoms with E-state index in [9.17, 15) is 0 Å². The van der Waals surface area contributed by atoms with Crippen LogP contribution in [0.4, 0.5) is 11.8 Å². The molecule has 3 N–H and O–H groups in total. The number of nitrogens with two attached hydrogens (primary N) is 1. The monoisotopic (exact) mass is 239 g/mol. The van der Waals surface area contributed by atoms with Crippen LogP contribution in [0.25, 0.3) is 0 Å². The number of nitrogens with zero attached hydrogens (tertiary/aromatic N) is 5. The van der Waals surface area contributed by atoms with Gasteiger partial charge in [-0.3, -0.25) is 0 Å². The Labute approximate surface area is 96.7 Å². The van der Waals surface area contributed by atoms with Crippen LogP contribution in [0.2, 0.25) is 5.15 Å². The molecule has 2 aromatic heterocycles. The molecule has 0 aromatic carbocycles. The lowest BCUT2D eigenvalue weighted by Crippen LogP contribution is -2.08. The van der Waals surface area contributed by atoms with Crippen molar-refractivity contribution in [1.82, 2.24) is 24.7 Å². The average molecular weight is 240 g/mol. The minimum Gasteiger partial charge on any atom is -0.368 e. The molecule has 0 amide bonds. The first-order chi connectivity index (χ1) is 7.65. The number of halogens is 1. The maximum absolute atomic E-state index is 5.74. The minimum atomic E-state index is 0.132. The standard InChI is InChI=1S/C8H10ClN7/c1-16-4-12-15-7(16)3-11-6-2-5(9)13-8(10)14-6/h2,4H,3H2,1H3,(H3,10,11,13,14). The van der Waals surface area contributed by atoms with Crippen molar-refractivity contribution in [2.24, 2.45) is 7.05 Å². The summed E-state index contributed by atoms with van der Waals surface area (Å²) in [5.74, 6) is 1.47. The average Bonchev–Trinajstić information content (AvgIpc) is 2.59. The molecule has 8 heteroatoms. The van der Waals surface area contributed by atoms with E-state index in [0.29, 0.717) is 17.5 Å². The lowest BCUT2D eigenvalue weighted by atomic mass is 10.5. The second kappa shape index (κ2) is 4.31. The number of aryl methyl sites for hydroxylation is 1. The lowest BCUT2D eigenvalue weighted by molar-refractivity contribution is 0.810. The summed E-state index contributed by atoms with van der Waals surface area (Å²) in [4.78, 5) is 7.73. The highest BCUT2D eigenvalue weighted by molar-refractivity contribution is 6.29. The third-order valence-corrected chi connectivity index (χ3v) is 2.14. The van der Waals surface area contributed by atoms with E-state index in [-0.39, 0.29) is 5.95 Å². The zero-order chi connectivity index (χ0) is 11.5. The van der Waals surface area contributed by atoms with Crippen LogP contribution in [0.15, 0.2) is 12.4 Å². The van der Waals surface area contributed by atoms with Gasteiger partial charge in [0.1, 0.15) is 17.3 Å². The fourth-order valence-electron chi connectivity index (χ4n) is 1.16. The molecule has 7 nitrogen and oxygen atoms in total. The van der Waals surface area contributed by atoms with Crippen molar-refractivity contribution in [3.63, 3.8) is 0 Å². The summed E-state index contributed by atoms with van der Waals surface area (Å²) in [6.45, 7) is 0.489. The van der Waals surface area contributed by atoms with Crippen molar-refractivity contribution in [1.29, 1.82) is 0 Å². The van der Waals surface area contributed by atoms with Gasteiger partial charge >= 0.3 is 0 Å². The van der Waals surface area contributed by atoms with Gasteiger partial charge in [-0.05, 0) is 0 Å². The van der Waals surface area contributed by atoms with Gasteiger partial charge in [-0.1, -0.05) is 11.6 Å². The maximum atomic E-state index is 5.74. The lowest BCUT2D eigenvalue weighted by Gasteiger charge is -2.05. The Morgan fingerprint density at radius 1 is 1.50 bits per heavy atom. The first kappa shape index (κ1) is 10.6. The van der Waals surface area contributed by atoms with E-state index in [1.807, 2.05) is 7.05 Å². The van der Waals surface area contributed by atoms with E-state index in [1.54, 1.807) is 17.0 Å². The van der Waals surface area contributed by atoms with Gasteiger partial charge < -0.3 is 15.6 Å². The van der Waals surface area contributed by atoms with Gasteiger partial charge in [0.05, 0.1) is 6.54 Å². The molecule has 0 spiro atoms. The molecule has 0 atom stereocenters. The topological polar surface area (TPSA) is 94.5 Å². The third-order valence-electron chi connectivity index (χ3n) is 1.94. The Morgan fingerprint density at radius 2 is 2.31 bits per heavy atom. The van der Waals surface area contributed by atoms with Crippen LogP contribution in [-0.2, 0) is 13.6 Å². The quantitative estimate of drug-likeness (QED) is 0.756. The van der Waals surface area contributed by atoms with Crippen molar-refractivity contribution < 1.29 is 0 Å². The van der Waals surface area contributed by atoms with Crippen molar-refractivity contribution in [2.45, 2.75) is 6.54 Å². The van der Waals surface area contributed by atoms with Gasteiger partial charge in [-0.15, -0.1) is 10.2 Å². The second-order valence-electron chi connectivity index (χ2n) is 3.15. The van der Waals surface area contributed by atoms with Gasteiger partial charge in [0, 0.05) is 13.1 Å². The molecule has 84 valence electrons. The number of hydrogen-bond donors (Lipinski definition) is 2. The van der Waals surface area contributed by atoms with E-state index >= 15 is 0 Å². The summed E-state index contributed by atoms with van der Waals surface area (Å²) >= 11 is 5.74. The SMILES string of the molecule is Cn1cnnc1CNc1cc(Cl)nc(N)n1. The van der Waals surface area contributed by atoms with E-state index < -0.39 is 0 Å². The Balaban J connectivity index is 2.07. The zero-order valence-corrected chi connectivity index (χ0v) is 9.31. The molecule has 0 aliphatic heterocycles. The Morgan fingerprint density at radius 3 is 2.94 bits per heavy atom. The summed E-state index contributed by atoms with van der Waals surface area (Å²) < 4.78 is 1.80. The summed E-state index contributed by atoms with van der Waals surface area (Å²) in [6.07, 6.45) is 1.62. The van der Waals surface area contributed by atoms with E-state index in [0.717, 1.165) is 5.82 Å².